The molecule has 114 valence electrons. The van der Waals surface area contributed by atoms with E-state index in [9.17, 15) is 0 Å². The van der Waals surface area contributed by atoms with Crippen LogP contribution in [0, 0.1) is 5.92 Å². The average Bonchev–Trinajstić information content (AvgIpc) is 2.96. The molecule has 2 N–H and O–H groups in total. The van der Waals surface area contributed by atoms with Gasteiger partial charge in [0.05, 0.1) is 11.4 Å². The Morgan fingerprint density at radius 3 is 2.76 bits per heavy atom. The van der Waals surface area contributed by atoms with E-state index in [0.717, 1.165) is 31.9 Å². The van der Waals surface area contributed by atoms with Gasteiger partial charge in [0.2, 0.25) is 0 Å². The maximum atomic E-state index is 5.82. The first-order valence-corrected chi connectivity index (χ1v) is 7.37. The Balaban J connectivity index is 0.00000161. The quantitative estimate of drug-likeness (QED) is 0.944. The van der Waals surface area contributed by atoms with Gasteiger partial charge in [-0.3, -0.25) is 4.90 Å². The summed E-state index contributed by atoms with van der Waals surface area (Å²) in [6.45, 7) is 4.02. The fourth-order valence-corrected chi connectivity index (χ4v) is 2.97. The lowest BCUT2D eigenvalue weighted by Crippen LogP contribution is -2.38. The van der Waals surface area contributed by atoms with Gasteiger partial charge < -0.3 is 5.73 Å². The van der Waals surface area contributed by atoms with E-state index in [-0.39, 0.29) is 12.4 Å². The first-order chi connectivity index (χ1) is 9.86. The second-order valence-electron chi connectivity index (χ2n) is 5.55. The Morgan fingerprint density at radius 1 is 1.19 bits per heavy atom. The highest BCUT2D eigenvalue weighted by atomic mass is 35.5. The molecule has 5 heteroatoms. The fraction of sp³-hybridized carbons (Fsp3) is 0.438. The normalized spacial score (nSPS) is 19.2. The fourth-order valence-electron chi connectivity index (χ4n) is 2.97. The van der Waals surface area contributed by atoms with Gasteiger partial charge in [-0.2, -0.15) is 5.10 Å². The minimum Gasteiger partial charge on any atom is -0.330 e. The molecule has 1 aromatic carbocycles. The molecule has 0 spiro atoms. The van der Waals surface area contributed by atoms with Crippen molar-refractivity contribution in [2.75, 3.05) is 19.6 Å². The molecule has 4 nitrogen and oxygen atoms in total. The molecule has 1 aliphatic rings. The number of para-hydroxylation sites is 1. The summed E-state index contributed by atoms with van der Waals surface area (Å²) in [7, 11) is 0. The van der Waals surface area contributed by atoms with E-state index in [1.807, 2.05) is 29.1 Å². The summed E-state index contributed by atoms with van der Waals surface area (Å²) < 4.78 is 2.03. The van der Waals surface area contributed by atoms with Crippen LogP contribution in [0.4, 0.5) is 0 Å². The van der Waals surface area contributed by atoms with Crippen LogP contribution in [-0.4, -0.2) is 34.3 Å². The van der Waals surface area contributed by atoms with Crippen molar-refractivity contribution < 1.29 is 0 Å². The van der Waals surface area contributed by atoms with Gasteiger partial charge in [-0.05, 0) is 50.0 Å². The summed E-state index contributed by atoms with van der Waals surface area (Å²) in [6.07, 6.45) is 4.40. The summed E-state index contributed by atoms with van der Waals surface area (Å²) in [5.74, 6) is 0.650. The number of nitrogens with zero attached hydrogens (tertiary/aromatic N) is 3. The van der Waals surface area contributed by atoms with Crippen molar-refractivity contribution in [3.63, 3.8) is 0 Å². The number of nitrogens with two attached hydrogens (primary N) is 1. The lowest BCUT2D eigenvalue weighted by atomic mass is 9.98. The second-order valence-corrected chi connectivity index (χ2v) is 5.55. The lowest BCUT2D eigenvalue weighted by Gasteiger charge is -2.32. The number of piperidine rings is 1. The van der Waals surface area contributed by atoms with Crippen LogP contribution < -0.4 is 5.73 Å². The van der Waals surface area contributed by atoms with E-state index >= 15 is 0 Å². The predicted octanol–water partition coefficient (Wildman–Crippen LogP) is 2.46. The molecular formula is C16H23ClN4. The highest BCUT2D eigenvalue weighted by molar-refractivity contribution is 5.85. The Hall–Kier alpha value is -1.36. The van der Waals surface area contributed by atoms with Gasteiger partial charge in [0.25, 0.3) is 0 Å². The number of hydrogen-bond acceptors (Lipinski definition) is 3. The first-order valence-electron chi connectivity index (χ1n) is 7.37. The molecule has 1 atom stereocenters. The lowest BCUT2D eigenvalue weighted by molar-refractivity contribution is 0.168. The molecule has 0 amide bonds. The van der Waals surface area contributed by atoms with Crippen LogP contribution >= 0.6 is 12.4 Å². The van der Waals surface area contributed by atoms with Gasteiger partial charge in [-0.15, -0.1) is 12.4 Å². The summed E-state index contributed by atoms with van der Waals surface area (Å²) in [6, 6.07) is 12.4. The zero-order valence-corrected chi connectivity index (χ0v) is 13.0. The van der Waals surface area contributed by atoms with Crippen LogP contribution in [-0.2, 0) is 6.54 Å². The maximum Gasteiger partial charge on any atom is 0.0649 e. The second kappa shape index (κ2) is 7.59. The largest absolute Gasteiger partial charge is 0.330 e. The predicted molar refractivity (Wildman–Crippen MR) is 87.9 cm³/mol. The van der Waals surface area contributed by atoms with Crippen molar-refractivity contribution in [1.82, 2.24) is 14.7 Å². The Morgan fingerprint density at radius 2 is 2.00 bits per heavy atom. The molecule has 1 unspecified atom stereocenters. The SMILES string of the molecule is Cl.NCC1CCCN(Cc2ccnn2-c2ccccc2)C1. The van der Waals surface area contributed by atoms with E-state index in [0.29, 0.717) is 5.92 Å². The molecule has 0 bridgehead atoms. The standard InChI is InChI=1S/C16H22N4.ClH/c17-11-14-5-4-10-19(12-14)13-16-8-9-18-20(16)15-6-2-1-3-7-15;/h1-3,6-9,14H,4-5,10-13,17H2;1H. The van der Waals surface area contributed by atoms with E-state index in [4.69, 9.17) is 5.73 Å². The molecule has 2 heterocycles. The number of aromatic nitrogens is 2. The van der Waals surface area contributed by atoms with Crippen molar-refractivity contribution in [1.29, 1.82) is 0 Å². The van der Waals surface area contributed by atoms with Crippen LogP contribution in [0.15, 0.2) is 42.6 Å². The first kappa shape index (κ1) is 16.0. The van der Waals surface area contributed by atoms with Crippen LogP contribution in [0.1, 0.15) is 18.5 Å². The summed E-state index contributed by atoms with van der Waals surface area (Å²) >= 11 is 0. The molecule has 1 aliphatic heterocycles. The third kappa shape index (κ3) is 3.84. The number of halogens is 1. The van der Waals surface area contributed by atoms with Crippen LogP contribution in [0.3, 0.4) is 0 Å². The molecular weight excluding hydrogens is 284 g/mol. The highest BCUT2D eigenvalue weighted by Crippen LogP contribution is 2.18. The minimum absolute atomic E-state index is 0. The van der Waals surface area contributed by atoms with E-state index in [1.54, 1.807) is 0 Å². The zero-order chi connectivity index (χ0) is 13.8. The summed E-state index contributed by atoms with van der Waals surface area (Å²) in [5, 5.41) is 4.46. The number of hydrogen-bond donors (Lipinski definition) is 1. The van der Waals surface area contributed by atoms with Gasteiger partial charge in [0.1, 0.15) is 0 Å². The van der Waals surface area contributed by atoms with Gasteiger partial charge in [0.15, 0.2) is 0 Å². The third-order valence-electron chi connectivity index (χ3n) is 4.04. The molecule has 0 radical (unpaired) electrons. The molecule has 0 saturated carbocycles. The minimum atomic E-state index is 0. The van der Waals surface area contributed by atoms with Gasteiger partial charge in [-0.1, -0.05) is 18.2 Å². The number of benzene rings is 1. The molecule has 21 heavy (non-hydrogen) atoms. The molecule has 3 rings (SSSR count). The topological polar surface area (TPSA) is 47.1 Å². The van der Waals surface area contributed by atoms with E-state index in [1.165, 1.54) is 18.5 Å². The smallest absolute Gasteiger partial charge is 0.0649 e. The van der Waals surface area contributed by atoms with Crippen molar-refractivity contribution in [3.8, 4) is 5.69 Å². The molecule has 1 saturated heterocycles. The van der Waals surface area contributed by atoms with Crippen LogP contribution in [0.2, 0.25) is 0 Å². The Bertz CT molecular complexity index is 540. The van der Waals surface area contributed by atoms with Crippen LogP contribution in [0.5, 0.6) is 0 Å². The van der Waals surface area contributed by atoms with Crippen LogP contribution in [0.25, 0.3) is 5.69 Å². The van der Waals surface area contributed by atoms with Gasteiger partial charge in [0, 0.05) is 19.3 Å². The van der Waals surface area contributed by atoms with E-state index in [2.05, 4.69) is 28.2 Å². The van der Waals surface area contributed by atoms with Crippen molar-refractivity contribution in [3.05, 3.63) is 48.3 Å². The van der Waals surface area contributed by atoms with Crippen molar-refractivity contribution >= 4 is 12.4 Å². The Labute approximate surface area is 132 Å². The van der Waals surface area contributed by atoms with Gasteiger partial charge in [-0.25, -0.2) is 4.68 Å². The molecule has 0 aliphatic carbocycles. The molecule has 1 aromatic heterocycles. The Kier molecular flexibility index (Phi) is 5.79. The number of rotatable bonds is 4. The average molecular weight is 307 g/mol. The van der Waals surface area contributed by atoms with Crippen molar-refractivity contribution in [2.24, 2.45) is 11.7 Å². The van der Waals surface area contributed by atoms with Crippen molar-refractivity contribution in [2.45, 2.75) is 19.4 Å². The monoisotopic (exact) mass is 306 g/mol. The zero-order valence-electron chi connectivity index (χ0n) is 12.2. The maximum absolute atomic E-state index is 5.82. The molecule has 2 aromatic rings. The third-order valence-corrected chi connectivity index (χ3v) is 4.04. The van der Waals surface area contributed by atoms with Gasteiger partial charge >= 0.3 is 0 Å². The molecule has 1 fully saturated rings. The summed E-state index contributed by atoms with van der Waals surface area (Å²) in [4.78, 5) is 2.50. The van der Waals surface area contributed by atoms with E-state index < -0.39 is 0 Å². The number of likely N-dealkylation sites (tertiary alicyclic amines) is 1. The summed E-state index contributed by atoms with van der Waals surface area (Å²) in [5.41, 5.74) is 8.18. The highest BCUT2D eigenvalue weighted by Gasteiger charge is 2.19.